The van der Waals surface area contributed by atoms with E-state index in [9.17, 15) is 4.79 Å². The summed E-state index contributed by atoms with van der Waals surface area (Å²) < 4.78 is 7.07. The molecule has 0 bridgehead atoms. The zero-order valence-electron chi connectivity index (χ0n) is 25.1. The van der Waals surface area contributed by atoms with Crippen LogP contribution in [0.2, 0.25) is 0 Å². The maximum absolute atomic E-state index is 11.9. The highest BCUT2D eigenvalue weighted by molar-refractivity contribution is 5.84. The number of rotatable bonds is 7. The Labute approximate surface area is 257 Å². The van der Waals surface area contributed by atoms with E-state index in [0.717, 1.165) is 91.2 Å². The zero-order valence-corrected chi connectivity index (χ0v) is 25.1. The monoisotopic (exact) mass is 586 g/mol. The second-order valence-corrected chi connectivity index (χ2v) is 12.2. The molecule has 4 heterocycles. The summed E-state index contributed by atoms with van der Waals surface area (Å²) in [5.41, 5.74) is 13.0. The number of methoxy groups -OCH3 is 1. The molecule has 2 N–H and O–H groups in total. The fourth-order valence-corrected chi connectivity index (χ4v) is 7.04. The van der Waals surface area contributed by atoms with Crippen molar-refractivity contribution in [1.29, 1.82) is 0 Å². The maximum atomic E-state index is 11.9. The summed E-state index contributed by atoms with van der Waals surface area (Å²) in [5, 5.41) is 0. The lowest BCUT2D eigenvalue weighted by Gasteiger charge is -2.30. The number of carbonyl (C=O) groups excluding carboxylic acids is 1. The summed E-state index contributed by atoms with van der Waals surface area (Å²) in [6, 6.07) is 27.0. The molecule has 1 unspecified atom stereocenters. The molecule has 5 aromatic rings. The van der Waals surface area contributed by atoms with Gasteiger partial charge in [-0.15, -0.1) is 0 Å². The Morgan fingerprint density at radius 1 is 0.909 bits per heavy atom. The number of pyridine rings is 2. The average Bonchev–Trinajstić information content (AvgIpc) is 3.70. The van der Waals surface area contributed by atoms with E-state index < -0.39 is 0 Å². The number of likely N-dealkylation sites (tertiary alicyclic amines) is 1. The lowest BCUT2D eigenvalue weighted by Crippen LogP contribution is -2.31. The highest BCUT2D eigenvalue weighted by atomic mass is 16.5. The number of anilines is 1. The highest BCUT2D eigenvalue weighted by Crippen LogP contribution is 2.35. The lowest BCUT2D eigenvalue weighted by molar-refractivity contribution is -0.146. The summed E-state index contributed by atoms with van der Waals surface area (Å²) >= 11 is 0. The minimum Gasteiger partial charge on any atom is -0.469 e. The van der Waals surface area contributed by atoms with Gasteiger partial charge in [-0.2, -0.15) is 0 Å². The van der Waals surface area contributed by atoms with Crippen LogP contribution >= 0.6 is 0 Å². The Morgan fingerprint density at radius 2 is 1.70 bits per heavy atom. The first-order chi connectivity index (χ1) is 21.6. The molecule has 2 aromatic carbocycles. The van der Waals surface area contributed by atoms with Gasteiger partial charge in [0.1, 0.15) is 11.3 Å². The van der Waals surface area contributed by atoms with Crippen LogP contribution in [-0.4, -0.2) is 57.1 Å². The van der Waals surface area contributed by atoms with Gasteiger partial charge in [0.05, 0.1) is 24.3 Å². The van der Waals surface area contributed by atoms with E-state index in [1.165, 1.54) is 12.7 Å². The van der Waals surface area contributed by atoms with Gasteiger partial charge in [-0.3, -0.25) is 9.36 Å². The molecular formula is C36H38N6O2. The molecule has 8 nitrogen and oxygen atoms in total. The van der Waals surface area contributed by atoms with E-state index in [1.54, 1.807) is 6.20 Å². The molecule has 2 aliphatic rings. The third-order valence-electron chi connectivity index (χ3n) is 9.45. The summed E-state index contributed by atoms with van der Waals surface area (Å²) in [7, 11) is 1.50. The van der Waals surface area contributed by atoms with Gasteiger partial charge in [0, 0.05) is 30.5 Å². The van der Waals surface area contributed by atoms with Gasteiger partial charge in [-0.05, 0) is 92.4 Å². The van der Waals surface area contributed by atoms with Crippen LogP contribution in [0.4, 0.5) is 5.82 Å². The van der Waals surface area contributed by atoms with Crippen molar-refractivity contribution in [3.63, 3.8) is 0 Å². The second kappa shape index (κ2) is 12.2. The molecule has 8 heteroatoms. The van der Waals surface area contributed by atoms with Crippen LogP contribution < -0.4 is 5.73 Å². The first-order valence-corrected chi connectivity index (χ1v) is 15.6. The molecule has 1 saturated heterocycles. The molecule has 1 saturated carbocycles. The topological polar surface area (TPSA) is 99.2 Å². The van der Waals surface area contributed by atoms with Crippen LogP contribution in [0.5, 0.6) is 0 Å². The number of carbonyl (C=O) groups is 1. The van der Waals surface area contributed by atoms with Crippen LogP contribution in [0.25, 0.3) is 39.5 Å². The molecule has 3 aromatic heterocycles. The molecule has 44 heavy (non-hydrogen) atoms. The number of nitrogens with two attached hydrogens (primary N) is 1. The molecule has 1 atom stereocenters. The van der Waals surface area contributed by atoms with Crippen molar-refractivity contribution in [2.24, 2.45) is 11.8 Å². The Balaban J connectivity index is 1.13. The van der Waals surface area contributed by atoms with Crippen molar-refractivity contribution in [2.75, 3.05) is 32.5 Å². The highest BCUT2D eigenvalue weighted by Gasteiger charge is 2.30. The number of benzene rings is 2. The van der Waals surface area contributed by atoms with Crippen molar-refractivity contribution in [3.05, 3.63) is 90.6 Å². The number of hydrogen-bond acceptors (Lipinski definition) is 7. The molecule has 0 amide bonds. The fourth-order valence-electron chi connectivity index (χ4n) is 7.04. The Kier molecular flexibility index (Phi) is 7.83. The minimum atomic E-state index is -0.0414. The van der Waals surface area contributed by atoms with Crippen LogP contribution in [-0.2, 0) is 9.53 Å². The Hall–Kier alpha value is -4.56. The van der Waals surface area contributed by atoms with Crippen molar-refractivity contribution in [3.8, 4) is 28.3 Å². The maximum Gasteiger partial charge on any atom is 0.308 e. The summed E-state index contributed by atoms with van der Waals surface area (Å²) in [6.07, 6.45) is 6.98. The van der Waals surface area contributed by atoms with Crippen molar-refractivity contribution in [2.45, 2.75) is 38.0 Å². The number of aromatic nitrogens is 4. The van der Waals surface area contributed by atoms with E-state index in [4.69, 9.17) is 20.4 Å². The number of esters is 1. The first-order valence-electron chi connectivity index (χ1n) is 15.6. The van der Waals surface area contributed by atoms with Crippen LogP contribution in [0.3, 0.4) is 0 Å². The van der Waals surface area contributed by atoms with E-state index >= 15 is 0 Å². The zero-order chi connectivity index (χ0) is 30.0. The van der Waals surface area contributed by atoms with E-state index in [0.29, 0.717) is 17.7 Å². The average molecular weight is 587 g/mol. The number of hydrogen-bond donors (Lipinski definition) is 1. The number of fused-ring (bicyclic) bond motifs is 1. The van der Waals surface area contributed by atoms with Gasteiger partial charge in [-0.25, -0.2) is 15.0 Å². The van der Waals surface area contributed by atoms with Crippen molar-refractivity contribution >= 4 is 23.0 Å². The predicted octanol–water partition coefficient (Wildman–Crippen LogP) is 6.50. The van der Waals surface area contributed by atoms with Gasteiger partial charge in [-0.1, -0.05) is 42.5 Å². The molecule has 0 radical (unpaired) electrons. The van der Waals surface area contributed by atoms with Gasteiger partial charge in [0.15, 0.2) is 11.5 Å². The number of nitrogen functional groups attached to an aromatic ring is 1. The van der Waals surface area contributed by atoms with Gasteiger partial charge in [0.2, 0.25) is 0 Å². The molecule has 1 aliphatic heterocycles. The standard InChI is InChI=1S/C36H38N6O2/c1-44-36(43)27-11-9-24(10-12-27)22-41-21-19-28(23-41)25-13-15-29(16-14-25)42-34(30-8-5-20-38-33(30)37)40-32-18-17-31(39-35(32)42)26-6-3-2-4-7-26/h2-8,13-18,20,24,27-28H,9-12,19,21-23H2,1H3,(H2,37,38). The predicted molar refractivity (Wildman–Crippen MR) is 173 cm³/mol. The van der Waals surface area contributed by atoms with Crippen LogP contribution in [0, 0.1) is 11.8 Å². The third-order valence-corrected chi connectivity index (χ3v) is 9.45. The first kappa shape index (κ1) is 28.2. The van der Waals surface area contributed by atoms with Gasteiger partial charge >= 0.3 is 5.97 Å². The lowest BCUT2D eigenvalue weighted by atomic mass is 9.82. The van der Waals surface area contributed by atoms with Gasteiger partial charge in [0.25, 0.3) is 0 Å². The van der Waals surface area contributed by atoms with E-state index in [2.05, 4.69) is 50.8 Å². The fraction of sp³-hybridized carbons (Fsp3) is 0.333. The van der Waals surface area contributed by atoms with E-state index in [-0.39, 0.29) is 11.9 Å². The number of ether oxygens (including phenoxy) is 1. The Bertz CT molecular complexity index is 1760. The summed E-state index contributed by atoms with van der Waals surface area (Å²) in [5.74, 6) is 2.38. The molecule has 224 valence electrons. The smallest absolute Gasteiger partial charge is 0.308 e. The molecule has 0 spiro atoms. The third kappa shape index (κ3) is 5.57. The molecule has 7 rings (SSSR count). The second-order valence-electron chi connectivity index (χ2n) is 12.2. The van der Waals surface area contributed by atoms with Crippen LogP contribution in [0.15, 0.2) is 85.1 Å². The van der Waals surface area contributed by atoms with E-state index in [1.807, 2.05) is 42.5 Å². The minimum absolute atomic E-state index is 0.0414. The number of imidazole rings is 1. The quantitative estimate of drug-likeness (QED) is 0.217. The molecule has 1 aliphatic carbocycles. The van der Waals surface area contributed by atoms with Gasteiger partial charge < -0.3 is 15.4 Å². The SMILES string of the molecule is COC(=O)C1CCC(CN2CCC(c3ccc(-n4c(-c5cccnc5N)nc5ccc(-c6ccccc6)nc54)cc3)C2)CC1. The molecule has 2 fully saturated rings. The number of nitrogens with zero attached hydrogens (tertiary/aromatic N) is 5. The van der Waals surface area contributed by atoms with Crippen molar-refractivity contribution < 1.29 is 9.53 Å². The summed E-state index contributed by atoms with van der Waals surface area (Å²) in [4.78, 5) is 28.9. The van der Waals surface area contributed by atoms with Crippen LogP contribution in [0.1, 0.15) is 43.6 Å². The normalized spacial score (nSPS) is 20.6. The van der Waals surface area contributed by atoms with Crippen molar-refractivity contribution in [1.82, 2.24) is 24.4 Å². The molecular weight excluding hydrogens is 548 g/mol. The Morgan fingerprint density at radius 3 is 2.45 bits per heavy atom. The largest absolute Gasteiger partial charge is 0.469 e. The summed E-state index contributed by atoms with van der Waals surface area (Å²) in [6.45, 7) is 3.31.